The van der Waals surface area contributed by atoms with Crippen molar-refractivity contribution in [2.24, 2.45) is 5.73 Å². The Hall–Kier alpha value is -2.13. The molecule has 2 aromatic carbocycles. The van der Waals surface area contributed by atoms with Gasteiger partial charge in [0.05, 0.1) is 0 Å². The first-order chi connectivity index (χ1) is 10.1. The van der Waals surface area contributed by atoms with E-state index in [9.17, 15) is 0 Å². The molecule has 0 aliphatic carbocycles. The molecule has 0 atom stereocenters. The summed E-state index contributed by atoms with van der Waals surface area (Å²) in [7, 11) is 3.78. The van der Waals surface area contributed by atoms with Crippen molar-refractivity contribution in [3.63, 3.8) is 0 Å². The lowest BCUT2D eigenvalue weighted by Crippen LogP contribution is -2.21. The first kappa shape index (κ1) is 15.3. The van der Waals surface area contributed by atoms with E-state index < -0.39 is 0 Å². The molecule has 0 aromatic heterocycles. The van der Waals surface area contributed by atoms with Gasteiger partial charge in [0.2, 0.25) is 0 Å². The van der Waals surface area contributed by atoms with Crippen molar-refractivity contribution in [3.05, 3.63) is 70.8 Å². The molecule has 2 rings (SSSR count). The highest BCUT2D eigenvalue weighted by molar-refractivity contribution is 5.95. The average Bonchev–Trinajstić information content (AvgIpc) is 2.53. The second kappa shape index (κ2) is 7.04. The van der Waals surface area contributed by atoms with Crippen molar-refractivity contribution in [1.29, 1.82) is 5.41 Å². The third-order valence-electron chi connectivity index (χ3n) is 3.64. The molecule has 0 amide bonds. The summed E-state index contributed by atoms with van der Waals surface area (Å²) in [6.45, 7) is 0.597. The van der Waals surface area contributed by atoms with Gasteiger partial charge in [0.1, 0.15) is 5.84 Å². The predicted octanol–water partition coefficient (Wildman–Crippen LogP) is 2.82. The highest BCUT2D eigenvalue weighted by Crippen LogP contribution is 2.11. The lowest BCUT2D eigenvalue weighted by molar-refractivity contribution is 0.619. The maximum Gasteiger partial charge on any atom is 0.127 e. The minimum Gasteiger partial charge on any atom is -0.363 e. The number of amidine groups is 1. The number of nitrogens with one attached hydrogen (secondary N) is 1. The molecule has 0 radical (unpaired) electrons. The van der Waals surface area contributed by atoms with Crippen LogP contribution in [0.15, 0.2) is 48.5 Å². The average molecular weight is 281 g/mol. The number of rotatable bonds is 5. The van der Waals surface area contributed by atoms with E-state index in [1.165, 1.54) is 16.7 Å². The van der Waals surface area contributed by atoms with E-state index in [-0.39, 0.29) is 0 Å². The zero-order chi connectivity index (χ0) is 15.2. The number of aryl methyl sites for hydroxylation is 2. The molecule has 3 nitrogen and oxygen atoms in total. The molecule has 3 N–H and O–H groups in total. The number of nitrogens with zero attached hydrogens (tertiary/aromatic N) is 1. The Morgan fingerprint density at radius 1 is 0.857 bits per heavy atom. The van der Waals surface area contributed by atoms with Gasteiger partial charge in [-0.05, 0) is 29.5 Å². The molecular weight excluding hydrogens is 258 g/mol. The quantitative estimate of drug-likeness (QED) is 0.654. The van der Waals surface area contributed by atoms with Crippen LogP contribution in [-0.2, 0) is 19.4 Å². The van der Waals surface area contributed by atoms with E-state index in [4.69, 9.17) is 11.1 Å². The molecule has 0 saturated heterocycles. The summed E-state index contributed by atoms with van der Waals surface area (Å²) in [5.74, 6) is 0.541. The van der Waals surface area contributed by atoms with Crippen LogP contribution >= 0.6 is 0 Å². The number of benzene rings is 2. The van der Waals surface area contributed by atoms with Gasteiger partial charge in [-0.15, -0.1) is 0 Å². The summed E-state index contributed by atoms with van der Waals surface area (Å²) in [6, 6.07) is 16.8. The Balaban J connectivity index is 1.95. The van der Waals surface area contributed by atoms with E-state index in [1.807, 2.05) is 31.1 Å². The van der Waals surface area contributed by atoms with Gasteiger partial charge < -0.3 is 10.6 Å². The maximum atomic E-state index is 7.95. The van der Waals surface area contributed by atoms with Crippen LogP contribution < -0.4 is 5.73 Å². The Bertz CT molecular complexity index is 583. The minimum atomic E-state index is 0.541. The van der Waals surface area contributed by atoms with Crippen LogP contribution in [0.5, 0.6) is 0 Å². The van der Waals surface area contributed by atoms with Gasteiger partial charge in [0, 0.05) is 26.2 Å². The van der Waals surface area contributed by atoms with Gasteiger partial charge in [-0.25, -0.2) is 0 Å². The standard InChI is InChI=1S/C18H23N3/c1-21(2)18(20)17-11-9-15(10-12-17)4-3-14-5-7-16(13-19)8-6-14/h5-12,20H,3-4,13,19H2,1-2H3. The van der Waals surface area contributed by atoms with Crippen LogP contribution in [0.25, 0.3) is 0 Å². The number of hydrogen-bond donors (Lipinski definition) is 2. The predicted molar refractivity (Wildman–Crippen MR) is 88.7 cm³/mol. The zero-order valence-electron chi connectivity index (χ0n) is 12.8. The summed E-state index contributed by atoms with van der Waals surface area (Å²) < 4.78 is 0. The fourth-order valence-corrected chi connectivity index (χ4v) is 2.22. The highest BCUT2D eigenvalue weighted by atomic mass is 15.1. The zero-order valence-corrected chi connectivity index (χ0v) is 12.8. The summed E-state index contributed by atoms with van der Waals surface area (Å²) in [5, 5.41) is 7.95. The van der Waals surface area contributed by atoms with Crippen molar-refractivity contribution in [3.8, 4) is 0 Å². The molecule has 0 bridgehead atoms. The van der Waals surface area contributed by atoms with Crippen molar-refractivity contribution < 1.29 is 0 Å². The van der Waals surface area contributed by atoms with E-state index >= 15 is 0 Å². The molecule has 3 heteroatoms. The van der Waals surface area contributed by atoms with Crippen LogP contribution in [0.2, 0.25) is 0 Å². The normalized spacial score (nSPS) is 10.4. The van der Waals surface area contributed by atoms with Gasteiger partial charge in [0.15, 0.2) is 0 Å². The van der Waals surface area contributed by atoms with Gasteiger partial charge >= 0.3 is 0 Å². The first-order valence-corrected chi connectivity index (χ1v) is 7.23. The largest absolute Gasteiger partial charge is 0.363 e. The van der Waals surface area contributed by atoms with Crippen molar-refractivity contribution >= 4 is 5.84 Å². The van der Waals surface area contributed by atoms with E-state index in [1.54, 1.807) is 0 Å². The summed E-state index contributed by atoms with van der Waals surface area (Å²) >= 11 is 0. The number of hydrogen-bond acceptors (Lipinski definition) is 2. The van der Waals surface area contributed by atoms with Crippen molar-refractivity contribution in [2.75, 3.05) is 14.1 Å². The van der Waals surface area contributed by atoms with Gasteiger partial charge in [0.25, 0.3) is 0 Å². The fraction of sp³-hybridized carbons (Fsp3) is 0.278. The Labute approximate surface area is 126 Å². The van der Waals surface area contributed by atoms with Gasteiger partial charge in [-0.1, -0.05) is 48.5 Å². The Kier molecular flexibility index (Phi) is 5.12. The Morgan fingerprint density at radius 3 is 1.71 bits per heavy atom. The molecule has 110 valence electrons. The molecule has 0 aliphatic rings. The van der Waals surface area contributed by atoms with Gasteiger partial charge in [-0.3, -0.25) is 5.41 Å². The van der Waals surface area contributed by atoms with E-state index in [0.29, 0.717) is 12.4 Å². The highest BCUT2D eigenvalue weighted by Gasteiger charge is 2.03. The van der Waals surface area contributed by atoms with E-state index in [0.717, 1.165) is 18.4 Å². The fourth-order valence-electron chi connectivity index (χ4n) is 2.22. The Morgan fingerprint density at radius 2 is 1.29 bits per heavy atom. The molecule has 2 aromatic rings. The number of nitrogens with two attached hydrogens (primary N) is 1. The van der Waals surface area contributed by atoms with Crippen molar-refractivity contribution in [2.45, 2.75) is 19.4 Å². The second-order valence-electron chi connectivity index (χ2n) is 5.46. The molecule has 21 heavy (non-hydrogen) atoms. The first-order valence-electron chi connectivity index (χ1n) is 7.23. The maximum absolute atomic E-state index is 7.95. The van der Waals surface area contributed by atoms with E-state index in [2.05, 4.69) is 36.4 Å². The monoisotopic (exact) mass is 281 g/mol. The smallest absolute Gasteiger partial charge is 0.127 e. The summed E-state index contributed by atoms with van der Waals surface area (Å²) in [5.41, 5.74) is 10.4. The van der Waals surface area contributed by atoms with Crippen LogP contribution in [0.1, 0.15) is 22.3 Å². The van der Waals surface area contributed by atoms with Crippen LogP contribution in [0.4, 0.5) is 0 Å². The molecule has 0 saturated carbocycles. The molecule has 0 spiro atoms. The summed E-state index contributed by atoms with van der Waals surface area (Å²) in [6.07, 6.45) is 2.03. The minimum absolute atomic E-state index is 0.541. The molecular formula is C18H23N3. The van der Waals surface area contributed by atoms with Gasteiger partial charge in [-0.2, -0.15) is 0 Å². The lowest BCUT2D eigenvalue weighted by Gasteiger charge is -2.13. The third kappa shape index (κ3) is 4.17. The lowest BCUT2D eigenvalue weighted by atomic mass is 10.0. The SMILES string of the molecule is CN(C)C(=N)c1ccc(CCc2ccc(CN)cc2)cc1. The third-order valence-corrected chi connectivity index (χ3v) is 3.64. The van der Waals surface area contributed by atoms with Crippen molar-refractivity contribution in [1.82, 2.24) is 4.90 Å². The second-order valence-corrected chi connectivity index (χ2v) is 5.46. The summed E-state index contributed by atoms with van der Waals surface area (Å²) in [4.78, 5) is 1.81. The molecule has 0 unspecified atom stereocenters. The molecule has 0 heterocycles. The molecule has 0 fully saturated rings. The molecule has 0 aliphatic heterocycles. The van der Waals surface area contributed by atoms with Crippen LogP contribution in [0.3, 0.4) is 0 Å². The van der Waals surface area contributed by atoms with Crippen LogP contribution in [0, 0.1) is 5.41 Å². The van der Waals surface area contributed by atoms with Crippen LogP contribution in [-0.4, -0.2) is 24.8 Å². The topological polar surface area (TPSA) is 53.1 Å².